The van der Waals surface area contributed by atoms with E-state index in [1.807, 2.05) is 58.3 Å². The highest BCUT2D eigenvalue weighted by Crippen LogP contribution is 2.49. The molecule has 10 heteroatoms. The van der Waals surface area contributed by atoms with Gasteiger partial charge in [0.1, 0.15) is 23.3 Å². The fourth-order valence-electron chi connectivity index (χ4n) is 10.8. The molecule has 10 aromatic carbocycles. The van der Waals surface area contributed by atoms with Crippen LogP contribution in [0.4, 0.5) is 51.7 Å². The van der Waals surface area contributed by atoms with Crippen LogP contribution in [-0.4, -0.2) is 32.3 Å². The van der Waals surface area contributed by atoms with Crippen LogP contribution in [0.1, 0.15) is 0 Å². The Kier molecular flexibility index (Phi) is 12.8. The highest BCUT2D eigenvalue weighted by molar-refractivity contribution is 6.90. The molecule has 0 aromatic heterocycles. The Bertz CT molecular complexity index is 3520. The number of anilines is 6. The first-order valence-electron chi connectivity index (χ1n) is 25.6. The third kappa shape index (κ3) is 9.24. The van der Waals surface area contributed by atoms with Gasteiger partial charge in [0.25, 0.3) is 0 Å². The lowest BCUT2D eigenvalue weighted by Gasteiger charge is -2.31. The van der Waals surface area contributed by atoms with Crippen molar-refractivity contribution in [3.8, 4) is 22.3 Å². The van der Waals surface area contributed by atoms with Crippen LogP contribution >= 0.6 is 0 Å². The van der Waals surface area contributed by atoms with Crippen LogP contribution in [-0.2, 0) is 0 Å². The number of hydrogen-bond donors (Lipinski definition) is 0. The average Bonchev–Trinajstić information content (AvgIpc) is 3.34. The molecule has 0 aliphatic carbocycles. The van der Waals surface area contributed by atoms with E-state index in [2.05, 4.69) is 176 Å². The molecule has 0 spiro atoms. The van der Waals surface area contributed by atoms with Gasteiger partial charge >= 0.3 is 0 Å². The minimum Gasteiger partial charge on any atom is -0.307 e. The Balaban J connectivity index is 1.24. The van der Waals surface area contributed by atoms with Gasteiger partial charge in [-0.1, -0.05) is 209 Å². The first-order chi connectivity index (χ1) is 34.9. The molecule has 0 heterocycles. The van der Waals surface area contributed by atoms with Crippen molar-refractivity contribution in [3.63, 3.8) is 0 Å². The van der Waals surface area contributed by atoms with Crippen LogP contribution in [0.5, 0.6) is 0 Å². The van der Waals surface area contributed by atoms with Crippen LogP contribution in [0.15, 0.2) is 170 Å². The molecular weight excluding hydrogens is 985 g/mol. The molecule has 10 rings (SSSR count). The number of benzene rings is 10. The average molecular weight is 1050 g/mol. The topological polar surface area (TPSA) is 6.48 Å². The Hall–Kier alpha value is -6.57. The zero-order chi connectivity index (χ0) is 52.8. The monoisotopic (exact) mass is 1050 g/mol. The number of nitrogens with zero attached hydrogens (tertiary/aromatic N) is 2. The normalized spacial score (nSPS) is 12.6. The quantitative estimate of drug-likeness (QED) is 0.0683. The summed E-state index contributed by atoms with van der Waals surface area (Å²) in [5, 5.41) is 10.3. The number of rotatable bonds is 12. The van der Waals surface area contributed by atoms with Gasteiger partial charge in [0, 0.05) is 45.4 Å². The highest BCUT2D eigenvalue weighted by Gasteiger charge is 2.30. The van der Waals surface area contributed by atoms with E-state index in [1.54, 1.807) is 12.1 Å². The summed E-state index contributed by atoms with van der Waals surface area (Å²) >= 11 is 0. The van der Waals surface area contributed by atoms with E-state index in [0.717, 1.165) is 88.7 Å². The zero-order valence-electron chi connectivity index (χ0n) is 44.6. The summed E-state index contributed by atoms with van der Waals surface area (Å²) in [4.78, 5) is 3.88. The lowest BCUT2D eigenvalue weighted by atomic mass is 9.91. The van der Waals surface area contributed by atoms with Gasteiger partial charge in [0.15, 0.2) is 0 Å². The minimum absolute atomic E-state index is 0.231. The largest absolute Gasteiger partial charge is 0.307 e. The van der Waals surface area contributed by atoms with Gasteiger partial charge in [0.2, 0.25) is 0 Å². The van der Waals surface area contributed by atoms with Crippen LogP contribution < -0.4 is 30.5 Å². The minimum atomic E-state index is -1.98. The summed E-state index contributed by atoms with van der Waals surface area (Å²) in [6.45, 7) is 27.2. The maximum absolute atomic E-state index is 17.1. The van der Waals surface area contributed by atoms with Gasteiger partial charge in [-0.05, 0) is 81.2 Å². The summed E-state index contributed by atoms with van der Waals surface area (Å²) in [7, 11) is -7.41. The van der Waals surface area contributed by atoms with Crippen LogP contribution in [0.3, 0.4) is 0 Å². The SMILES string of the molecule is C[Si](C)(C)c1ccc(N(c2cc(-c3ccccc3[Si](C)(C)C)c(F)cc2F)c2ccc3ccc4c(N(c5ccc([Si](C)(C)C)cc5)c5cc(-c6ccccc6[Si](C)(C)C)c(F)cc5F)ccc5ccc2c3c54)cc1. The first kappa shape index (κ1) is 50.9. The molecule has 0 saturated carbocycles. The summed E-state index contributed by atoms with van der Waals surface area (Å²) in [6.07, 6.45) is 0. The zero-order valence-corrected chi connectivity index (χ0v) is 48.6. The summed E-state index contributed by atoms with van der Waals surface area (Å²) in [5.74, 6) is -2.58. The van der Waals surface area contributed by atoms with E-state index in [4.69, 9.17) is 0 Å². The van der Waals surface area contributed by atoms with Crippen molar-refractivity contribution in [2.45, 2.75) is 78.6 Å². The first-order valence-corrected chi connectivity index (χ1v) is 39.6. The molecule has 0 unspecified atom stereocenters. The summed E-state index contributed by atoms with van der Waals surface area (Å²) < 4.78 is 67.0. The second-order valence-electron chi connectivity index (χ2n) is 24.0. The maximum atomic E-state index is 17.1. The second kappa shape index (κ2) is 18.7. The predicted molar refractivity (Wildman–Crippen MR) is 322 cm³/mol. The van der Waals surface area contributed by atoms with E-state index in [9.17, 15) is 0 Å². The molecule has 0 N–H and O–H groups in total. The molecule has 74 heavy (non-hydrogen) atoms. The Morgan fingerprint density at radius 3 is 0.973 bits per heavy atom. The molecule has 0 bridgehead atoms. The molecule has 0 amide bonds. The van der Waals surface area contributed by atoms with Gasteiger partial charge in [-0.3, -0.25) is 0 Å². The van der Waals surface area contributed by atoms with Gasteiger partial charge in [0.05, 0.1) is 55.0 Å². The highest BCUT2D eigenvalue weighted by atomic mass is 28.3. The van der Waals surface area contributed by atoms with Crippen molar-refractivity contribution in [2.75, 3.05) is 9.80 Å². The van der Waals surface area contributed by atoms with Crippen LogP contribution in [0.25, 0.3) is 54.6 Å². The van der Waals surface area contributed by atoms with E-state index in [1.165, 1.54) is 10.4 Å². The standard InChI is InChI=1S/C64H64F4N2Si4/c1-71(2,3)45-29-25-43(26-30-45)69(59-37-51(53(65)39-55(59)67)47-17-13-15-19-61(47)73(7,8)9)57-35-23-41-22-34-50-58(36-24-42-21-33-49(57)63(41)64(42)50)70(44-27-31-46(32-28-44)72(4,5)6)60-38-52(54(66)40-56(60)68)48-18-14-16-20-62(48)74(10,11)12/h13-40H,1-12H3. The van der Waals surface area contributed by atoms with Gasteiger partial charge in [-0.25, -0.2) is 17.6 Å². The van der Waals surface area contributed by atoms with E-state index < -0.39 is 55.6 Å². The molecule has 0 aliphatic rings. The second-order valence-corrected chi connectivity index (χ2v) is 44.2. The molecule has 2 nitrogen and oxygen atoms in total. The fraction of sp³-hybridized carbons (Fsp3) is 0.188. The van der Waals surface area contributed by atoms with Crippen molar-refractivity contribution >= 4 is 119 Å². The molecular formula is C64H64F4N2Si4. The van der Waals surface area contributed by atoms with E-state index in [-0.39, 0.29) is 11.4 Å². The maximum Gasteiger partial charge on any atom is 0.150 e. The van der Waals surface area contributed by atoms with Gasteiger partial charge in [-0.15, -0.1) is 0 Å². The molecule has 0 radical (unpaired) electrons. The third-order valence-electron chi connectivity index (χ3n) is 14.7. The van der Waals surface area contributed by atoms with Crippen molar-refractivity contribution < 1.29 is 17.6 Å². The van der Waals surface area contributed by atoms with E-state index in [0.29, 0.717) is 11.1 Å². The summed E-state index contributed by atoms with van der Waals surface area (Å²) in [5.41, 5.74) is 5.63. The smallest absolute Gasteiger partial charge is 0.150 e. The van der Waals surface area contributed by atoms with Crippen molar-refractivity contribution in [1.29, 1.82) is 0 Å². The molecule has 0 aliphatic heterocycles. The lowest BCUT2D eigenvalue weighted by Crippen LogP contribution is -2.39. The summed E-state index contributed by atoms with van der Waals surface area (Å²) in [6, 6.07) is 54.7. The molecule has 0 atom stereocenters. The Labute approximate surface area is 438 Å². The van der Waals surface area contributed by atoms with Gasteiger partial charge < -0.3 is 9.80 Å². The van der Waals surface area contributed by atoms with Crippen molar-refractivity contribution in [3.05, 3.63) is 193 Å². The van der Waals surface area contributed by atoms with Crippen molar-refractivity contribution in [1.82, 2.24) is 0 Å². The number of hydrogen-bond acceptors (Lipinski definition) is 2. The fourth-order valence-corrected chi connectivity index (χ4v) is 16.3. The number of halogens is 4. The third-order valence-corrected chi connectivity index (χ3v) is 22.9. The molecule has 10 aromatic rings. The van der Waals surface area contributed by atoms with Crippen LogP contribution in [0, 0.1) is 23.3 Å². The lowest BCUT2D eigenvalue weighted by molar-refractivity contribution is 0.586. The van der Waals surface area contributed by atoms with Gasteiger partial charge in [-0.2, -0.15) is 0 Å². The molecule has 374 valence electrons. The van der Waals surface area contributed by atoms with E-state index >= 15 is 17.6 Å². The molecule has 0 fully saturated rings. The molecule has 0 saturated heterocycles. The Morgan fingerprint density at radius 2 is 0.635 bits per heavy atom. The van der Waals surface area contributed by atoms with Crippen molar-refractivity contribution in [2.24, 2.45) is 0 Å². The van der Waals surface area contributed by atoms with Crippen LogP contribution in [0.2, 0.25) is 78.6 Å². The predicted octanol–water partition coefficient (Wildman–Crippen LogP) is 17.6. The Morgan fingerprint density at radius 1 is 0.297 bits per heavy atom.